The molecular formula is C27H32N4O2. The van der Waals surface area contributed by atoms with Crippen molar-refractivity contribution in [3.8, 4) is 11.4 Å². The van der Waals surface area contributed by atoms with Gasteiger partial charge in [-0.15, -0.1) is 0 Å². The number of aromatic nitrogens is 2. The highest BCUT2D eigenvalue weighted by molar-refractivity contribution is 6.08. The topological polar surface area (TPSA) is 75.2 Å². The summed E-state index contributed by atoms with van der Waals surface area (Å²) >= 11 is 0. The van der Waals surface area contributed by atoms with Crippen molar-refractivity contribution < 1.29 is 9.59 Å². The Morgan fingerprint density at radius 1 is 0.939 bits per heavy atom. The molecule has 0 atom stereocenters. The number of aryl methyl sites for hydroxylation is 1. The lowest BCUT2D eigenvalue weighted by Gasteiger charge is -2.12. The van der Waals surface area contributed by atoms with Gasteiger partial charge in [-0.1, -0.05) is 55.8 Å². The SMILES string of the molecule is CCCCC(=O)c1ccccc1NC(=O)c1cc(CCCN(C)C)nc(-c2ccccc2)n1. The molecule has 3 aromatic rings. The third-order valence-corrected chi connectivity index (χ3v) is 5.32. The molecule has 0 fully saturated rings. The van der Waals surface area contributed by atoms with E-state index in [0.717, 1.165) is 43.5 Å². The van der Waals surface area contributed by atoms with Gasteiger partial charge < -0.3 is 10.2 Å². The largest absolute Gasteiger partial charge is 0.320 e. The van der Waals surface area contributed by atoms with Crippen molar-refractivity contribution in [2.45, 2.75) is 39.0 Å². The van der Waals surface area contributed by atoms with Crippen LogP contribution in [0.3, 0.4) is 0 Å². The number of ketones is 1. The Bertz CT molecular complexity index is 1080. The number of benzene rings is 2. The lowest BCUT2D eigenvalue weighted by molar-refractivity contribution is 0.0980. The zero-order chi connectivity index (χ0) is 23.6. The molecule has 172 valence electrons. The molecule has 0 saturated heterocycles. The highest BCUT2D eigenvalue weighted by Crippen LogP contribution is 2.21. The van der Waals surface area contributed by atoms with Gasteiger partial charge in [-0.2, -0.15) is 0 Å². The van der Waals surface area contributed by atoms with Gasteiger partial charge in [0.15, 0.2) is 11.6 Å². The van der Waals surface area contributed by atoms with Crippen molar-refractivity contribution in [2.75, 3.05) is 26.0 Å². The zero-order valence-electron chi connectivity index (χ0n) is 19.7. The average Bonchev–Trinajstić information content (AvgIpc) is 2.83. The number of para-hydroxylation sites is 1. The number of nitrogens with one attached hydrogen (secondary N) is 1. The zero-order valence-corrected chi connectivity index (χ0v) is 19.7. The Balaban J connectivity index is 1.88. The van der Waals surface area contributed by atoms with Gasteiger partial charge in [0.25, 0.3) is 5.91 Å². The van der Waals surface area contributed by atoms with E-state index in [1.165, 1.54) is 0 Å². The second-order valence-corrected chi connectivity index (χ2v) is 8.37. The maximum Gasteiger partial charge on any atom is 0.274 e. The van der Waals surface area contributed by atoms with E-state index in [1.54, 1.807) is 18.2 Å². The molecule has 0 radical (unpaired) electrons. The number of hydrogen-bond donors (Lipinski definition) is 1. The first-order valence-corrected chi connectivity index (χ1v) is 11.5. The van der Waals surface area contributed by atoms with Crippen LogP contribution in [0.15, 0.2) is 60.7 Å². The highest BCUT2D eigenvalue weighted by Gasteiger charge is 2.17. The Morgan fingerprint density at radius 2 is 1.67 bits per heavy atom. The first-order valence-electron chi connectivity index (χ1n) is 11.5. The quantitative estimate of drug-likeness (QED) is 0.408. The fourth-order valence-electron chi connectivity index (χ4n) is 3.53. The Morgan fingerprint density at radius 3 is 2.39 bits per heavy atom. The summed E-state index contributed by atoms with van der Waals surface area (Å²) in [5.41, 5.74) is 3.01. The van der Waals surface area contributed by atoms with E-state index in [1.807, 2.05) is 56.6 Å². The Kier molecular flexibility index (Phi) is 8.84. The van der Waals surface area contributed by atoms with Gasteiger partial charge in [0.1, 0.15) is 5.69 Å². The van der Waals surface area contributed by atoms with Gasteiger partial charge >= 0.3 is 0 Å². The summed E-state index contributed by atoms with van der Waals surface area (Å²) in [6.07, 6.45) is 3.90. The summed E-state index contributed by atoms with van der Waals surface area (Å²) in [6, 6.07) is 18.5. The first kappa shape index (κ1) is 24.3. The van der Waals surface area contributed by atoms with E-state index in [2.05, 4.69) is 22.1 Å². The number of carbonyl (C=O) groups excluding carboxylic acids is 2. The fraction of sp³-hybridized carbons (Fsp3) is 0.333. The molecule has 1 amide bonds. The predicted octanol–water partition coefficient (Wildman–Crippen LogP) is 5.26. The number of unbranched alkanes of at least 4 members (excludes halogenated alkanes) is 1. The van der Waals surface area contributed by atoms with Gasteiger partial charge in [-0.3, -0.25) is 9.59 Å². The predicted molar refractivity (Wildman–Crippen MR) is 133 cm³/mol. The molecule has 0 unspecified atom stereocenters. The minimum atomic E-state index is -0.348. The number of Topliss-reactive ketones (excluding diaryl/α,β-unsaturated/α-hetero) is 1. The minimum Gasteiger partial charge on any atom is -0.320 e. The smallest absolute Gasteiger partial charge is 0.274 e. The molecule has 1 aromatic heterocycles. The molecule has 0 aliphatic heterocycles. The molecule has 3 rings (SSSR count). The van der Waals surface area contributed by atoms with Crippen molar-refractivity contribution in [3.05, 3.63) is 77.6 Å². The van der Waals surface area contributed by atoms with E-state index in [4.69, 9.17) is 4.98 Å². The maximum atomic E-state index is 13.2. The molecule has 1 N–H and O–H groups in total. The first-order chi connectivity index (χ1) is 16.0. The number of carbonyl (C=O) groups is 2. The normalized spacial score (nSPS) is 10.9. The fourth-order valence-corrected chi connectivity index (χ4v) is 3.53. The maximum absolute atomic E-state index is 13.2. The van der Waals surface area contributed by atoms with Crippen LogP contribution in [0.4, 0.5) is 5.69 Å². The molecular weight excluding hydrogens is 412 g/mol. The average molecular weight is 445 g/mol. The molecule has 0 spiro atoms. The molecule has 0 aliphatic carbocycles. The van der Waals surface area contributed by atoms with E-state index in [9.17, 15) is 9.59 Å². The van der Waals surface area contributed by atoms with Crippen LogP contribution >= 0.6 is 0 Å². The van der Waals surface area contributed by atoms with E-state index >= 15 is 0 Å². The number of rotatable bonds is 11. The molecule has 2 aromatic carbocycles. The molecule has 0 aliphatic rings. The molecule has 6 heteroatoms. The monoisotopic (exact) mass is 444 g/mol. The number of amides is 1. The Hall–Kier alpha value is -3.38. The Labute approximate surface area is 196 Å². The number of hydrogen-bond acceptors (Lipinski definition) is 5. The lowest BCUT2D eigenvalue weighted by Crippen LogP contribution is -2.18. The van der Waals surface area contributed by atoms with Gasteiger partial charge in [0.05, 0.1) is 5.69 Å². The summed E-state index contributed by atoms with van der Waals surface area (Å²) < 4.78 is 0. The molecule has 1 heterocycles. The molecule has 6 nitrogen and oxygen atoms in total. The molecule has 0 bridgehead atoms. The van der Waals surface area contributed by atoms with E-state index in [0.29, 0.717) is 29.2 Å². The van der Waals surface area contributed by atoms with Crippen LogP contribution in [0, 0.1) is 0 Å². The molecule has 0 saturated carbocycles. The van der Waals surface area contributed by atoms with Crippen molar-refractivity contribution in [1.82, 2.24) is 14.9 Å². The van der Waals surface area contributed by atoms with E-state index < -0.39 is 0 Å². The van der Waals surface area contributed by atoms with Gasteiger partial charge in [0, 0.05) is 23.2 Å². The third kappa shape index (κ3) is 7.05. The van der Waals surface area contributed by atoms with Crippen LogP contribution in [-0.2, 0) is 6.42 Å². The van der Waals surface area contributed by atoms with Crippen LogP contribution in [0.1, 0.15) is 59.1 Å². The van der Waals surface area contributed by atoms with Crippen LogP contribution in [0.25, 0.3) is 11.4 Å². The van der Waals surface area contributed by atoms with Crippen LogP contribution in [-0.4, -0.2) is 47.2 Å². The van der Waals surface area contributed by atoms with Crippen molar-refractivity contribution >= 4 is 17.4 Å². The second kappa shape index (κ2) is 12.0. The van der Waals surface area contributed by atoms with E-state index in [-0.39, 0.29) is 11.7 Å². The van der Waals surface area contributed by atoms with Gasteiger partial charge in [-0.25, -0.2) is 9.97 Å². The van der Waals surface area contributed by atoms with Crippen LogP contribution in [0.2, 0.25) is 0 Å². The van der Waals surface area contributed by atoms with Crippen molar-refractivity contribution in [3.63, 3.8) is 0 Å². The summed E-state index contributed by atoms with van der Waals surface area (Å²) in [5.74, 6) is 0.208. The van der Waals surface area contributed by atoms with Crippen LogP contribution in [0.5, 0.6) is 0 Å². The summed E-state index contributed by atoms with van der Waals surface area (Å²) in [4.78, 5) is 37.2. The van der Waals surface area contributed by atoms with Crippen molar-refractivity contribution in [1.29, 1.82) is 0 Å². The third-order valence-electron chi connectivity index (χ3n) is 5.32. The number of anilines is 1. The summed E-state index contributed by atoms with van der Waals surface area (Å²) in [6.45, 7) is 2.98. The summed E-state index contributed by atoms with van der Waals surface area (Å²) in [5, 5.41) is 2.91. The minimum absolute atomic E-state index is 0.0322. The van der Waals surface area contributed by atoms with Crippen LogP contribution < -0.4 is 5.32 Å². The van der Waals surface area contributed by atoms with Crippen molar-refractivity contribution in [2.24, 2.45) is 0 Å². The van der Waals surface area contributed by atoms with Gasteiger partial charge in [0.2, 0.25) is 0 Å². The second-order valence-electron chi connectivity index (χ2n) is 8.37. The lowest BCUT2D eigenvalue weighted by atomic mass is 10.0. The number of nitrogens with zero attached hydrogens (tertiary/aromatic N) is 3. The standard InChI is InChI=1S/C27H32N4O2/c1-4-5-17-25(32)22-15-9-10-16-23(22)30-27(33)24-19-21(14-11-18-31(2)3)28-26(29-24)20-12-7-6-8-13-20/h6-10,12-13,15-16,19H,4-5,11,14,17-18H2,1-3H3,(H,30,33). The highest BCUT2D eigenvalue weighted by atomic mass is 16.2. The summed E-state index contributed by atoms with van der Waals surface area (Å²) in [7, 11) is 4.07. The molecule has 33 heavy (non-hydrogen) atoms. The van der Waals surface area contributed by atoms with Gasteiger partial charge in [-0.05, 0) is 58.1 Å².